The van der Waals surface area contributed by atoms with Crippen LogP contribution in [0, 0.1) is 0 Å². The number of carbonyl (C=O) groups is 1. The highest BCUT2D eigenvalue weighted by molar-refractivity contribution is 8.13. The largest absolute Gasteiger partial charge is 0.463 e. The maximum atomic E-state index is 12.7. The number of nitrogens with one attached hydrogen (secondary N) is 1. The Morgan fingerprint density at radius 3 is 2.53 bits per heavy atom. The number of benzene rings is 2. The summed E-state index contributed by atoms with van der Waals surface area (Å²) in [7, 11) is 3.99. The molecule has 30 heavy (non-hydrogen) atoms. The maximum absolute atomic E-state index is 12.7. The number of anilines is 1. The second-order valence-corrected chi connectivity index (χ2v) is 8.46. The molecule has 2 aromatic carbocycles. The molecule has 0 bridgehead atoms. The molecule has 0 amide bonds. The quantitative estimate of drug-likeness (QED) is 0.623. The van der Waals surface area contributed by atoms with E-state index in [1.807, 2.05) is 74.4 Å². The number of amidine groups is 1. The van der Waals surface area contributed by atoms with E-state index >= 15 is 0 Å². The van der Waals surface area contributed by atoms with Crippen molar-refractivity contribution < 1.29 is 9.53 Å². The number of rotatable bonds is 6. The van der Waals surface area contributed by atoms with Crippen molar-refractivity contribution in [1.29, 1.82) is 0 Å². The number of hydrogen-bond acceptors (Lipinski definition) is 6. The number of halogens is 1. The number of aliphatic imine (C=N–C) groups is 1. The Labute approximate surface area is 187 Å². The van der Waals surface area contributed by atoms with E-state index in [2.05, 4.69) is 5.32 Å². The lowest BCUT2D eigenvalue weighted by Gasteiger charge is -2.26. The van der Waals surface area contributed by atoms with Gasteiger partial charge in [0.2, 0.25) is 0 Å². The zero-order chi connectivity index (χ0) is 21.7. The van der Waals surface area contributed by atoms with Crippen LogP contribution in [0.1, 0.15) is 31.0 Å². The van der Waals surface area contributed by atoms with Crippen LogP contribution in [0.4, 0.5) is 5.69 Å². The van der Waals surface area contributed by atoms with Crippen LogP contribution >= 0.6 is 23.4 Å². The summed E-state index contributed by atoms with van der Waals surface area (Å²) < 4.78 is 5.31. The molecule has 0 aliphatic carbocycles. The van der Waals surface area contributed by atoms with Gasteiger partial charge in [0.25, 0.3) is 0 Å². The summed E-state index contributed by atoms with van der Waals surface area (Å²) in [4.78, 5) is 19.6. The number of carbonyl (C=O) groups excluding carboxylic acids is 1. The molecule has 1 aliphatic rings. The van der Waals surface area contributed by atoms with Gasteiger partial charge in [0.1, 0.15) is 6.04 Å². The van der Waals surface area contributed by atoms with Crippen LogP contribution in [0.3, 0.4) is 0 Å². The third-order valence-electron chi connectivity index (χ3n) is 4.76. The Kier molecular flexibility index (Phi) is 7.45. The second-order valence-electron chi connectivity index (χ2n) is 7.09. The minimum absolute atomic E-state index is 0.319. The molecule has 0 saturated carbocycles. The van der Waals surface area contributed by atoms with E-state index in [1.165, 1.54) is 0 Å². The Morgan fingerprint density at radius 2 is 1.90 bits per heavy atom. The van der Waals surface area contributed by atoms with Crippen molar-refractivity contribution in [2.24, 2.45) is 4.99 Å². The average Bonchev–Trinajstić information content (AvgIpc) is 2.73. The first-order valence-electron chi connectivity index (χ1n) is 9.77. The van der Waals surface area contributed by atoms with Gasteiger partial charge in [0.05, 0.1) is 12.2 Å². The van der Waals surface area contributed by atoms with Gasteiger partial charge in [-0.05, 0) is 43.2 Å². The van der Waals surface area contributed by atoms with Crippen molar-refractivity contribution in [2.75, 3.05) is 25.6 Å². The number of allylic oxidation sites excluding steroid dienone is 1. The smallest absolute Gasteiger partial charge is 0.338 e. The molecular formula is C23H26ClN3O2S. The van der Waals surface area contributed by atoms with Crippen LogP contribution in [0.2, 0.25) is 5.02 Å². The number of hydrogen-bond donors (Lipinski definition) is 1. The first-order chi connectivity index (χ1) is 14.4. The van der Waals surface area contributed by atoms with Crippen molar-refractivity contribution in [2.45, 2.75) is 25.6 Å². The maximum Gasteiger partial charge on any atom is 0.338 e. The standard InChI is InChI=1S/C23H26ClN3O2S/c1-5-29-22(28)20-15(2)25-23(30-14-17-8-6-7-9-19(17)24)26-21(20)16-10-12-18(13-11-16)27(3)4/h6-13,21H,5,14H2,1-4H3,(H,25,26)/t21-/m0/s1. The molecule has 3 rings (SSSR count). The summed E-state index contributed by atoms with van der Waals surface area (Å²) in [6, 6.07) is 15.4. The van der Waals surface area contributed by atoms with Gasteiger partial charge in [-0.1, -0.05) is 53.7 Å². The van der Waals surface area contributed by atoms with Crippen LogP contribution in [0.15, 0.2) is 64.8 Å². The van der Waals surface area contributed by atoms with Gasteiger partial charge >= 0.3 is 5.97 Å². The minimum atomic E-state index is -0.421. The van der Waals surface area contributed by atoms with Gasteiger partial charge in [-0.15, -0.1) is 0 Å². The highest BCUT2D eigenvalue weighted by Crippen LogP contribution is 2.34. The van der Waals surface area contributed by atoms with E-state index in [9.17, 15) is 4.79 Å². The Balaban J connectivity index is 1.90. The van der Waals surface area contributed by atoms with Gasteiger partial charge in [-0.25, -0.2) is 9.79 Å². The fourth-order valence-electron chi connectivity index (χ4n) is 3.15. The van der Waals surface area contributed by atoms with Crippen molar-refractivity contribution in [1.82, 2.24) is 5.32 Å². The van der Waals surface area contributed by atoms with Crippen molar-refractivity contribution in [3.05, 3.63) is 76.0 Å². The average molecular weight is 444 g/mol. The van der Waals surface area contributed by atoms with Gasteiger partial charge in [-0.3, -0.25) is 0 Å². The highest BCUT2D eigenvalue weighted by atomic mass is 35.5. The van der Waals surface area contributed by atoms with Gasteiger partial charge in [0, 0.05) is 36.3 Å². The van der Waals surface area contributed by atoms with Crippen LogP contribution in [-0.4, -0.2) is 31.8 Å². The fourth-order valence-corrected chi connectivity index (χ4v) is 4.38. The molecule has 1 N–H and O–H groups in total. The van der Waals surface area contributed by atoms with Crippen molar-refractivity contribution in [3.63, 3.8) is 0 Å². The SMILES string of the molecule is CCOC(=O)C1=C(C)NC(SCc2ccccc2Cl)=N[C@H]1c1ccc(N(C)C)cc1. The lowest BCUT2D eigenvalue weighted by molar-refractivity contribution is -0.138. The molecule has 158 valence electrons. The van der Waals surface area contributed by atoms with E-state index in [0.717, 1.165) is 32.7 Å². The van der Waals surface area contributed by atoms with E-state index in [4.69, 9.17) is 21.3 Å². The van der Waals surface area contributed by atoms with Crippen molar-refractivity contribution in [3.8, 4) is 0 Å². The predicted octanol–water partition coefficient (Wildman–Crippen LogP) is 5.18. The molecule has 1 heterocycles. The third-order valence-corrected chi connectivity index (χ3v) is 6.07. The predicted molar refractivity (Wildman–Crippen MR) is 126 cm³/mol. The van der Waals surface area contributed by atoms with Crippen LogP contribution in [0.5, 0.6) is 0 Å². The minimum Gasteiger partial charge on any atom is -0.463 e. The summed E-state index contributed by atoms with van der Waals surface area (Å²) >= 11 is 7.85. The third kappa shape index (κ3) is 5.18. The Morgan fingerprint density at radius 1 is 1.20 bits per heavy atom. The van der Waals surface area contributed by atoms with Gasteiger partial charge in [-0.2, -0.15) is 0 Å². The Hall–Kier alpha value is -2.44. The zero-order valence-corrected chi connectivity index (χ0v) is 19.2. The van der Waals surface area contributed by atoms with E-state index in [-0.39, 0.29) is 5.97 Å². The lowest BCUT2D eigenvalue weighted by Crippen LogP contribution is -2.30. The first kappa shape index (κ1) is 22.2. The molecule has 0 aromatic heterocycles. The summed E-state index contributed by atoms with van der Waals surface area (Å²) in [6.07, 6.45) is 0. The second kappa shape index (κ2) is 10.0. The lowest BCUT2D eigenvalue weighted by atomic mass is 9.96. The first-order valence-corrected chi connectivity index (χ1v) is 11.1. The van der Waals surface area contributed by atoms with E-state index in [0.29, 0.717) is 17.9 Å². The summed E-state index contributed by atoms with van der Waals surface area (Å²) in [6.45, 7) is 4.01. The molecule has 7 heteroatoms. The summed E-state index contributed by atoms with van der Waals surface area (Å²) in [5.41, 5.74) is 4.37. The normalized spacial score (nSPS) is 16.0. The van der Waals surface area contributed by atoms with Gasteiger partial charge < -0.3 is 15.0 Å². The fraction of sp³-hybridized carbons (Fsp3) is 0.304. The summed E-state index contributed by atoms with van der Waals surface area (Å²) in [5.74, 6) is 0.336. The molecule has 0 unspecified atom stereocenters. The monoisotopic (exact) mass is 443 g/mol. The van der Waals surface area contributed by atoms with Crippen molar-refractivity contribution >= 4 is 40.2 Å². The van der Waals surface area contributed by atoms with E-state index < -0.39 is 6.04 Å². The molecular weight excluding hydrogens is 418 g/mol. The van der Waals surface area contributed by atoms with Crippen LogP contribution < -0.4 is 10.2 Å². The van der Waals surface area contributed by atoms with Gasteiger partial charge in [0.15, 0.2) is 5.17 Å². The zero-order valence-electron chi connectivity index (χ0n) is 17.6. The number of nitrogens with zero attached hydrogens (tertiary/aromatic N) is 2. The molecule has 1 atom stereocenters. The molecule has 0 radical (unpaired) electrons. The van der Waals surface area contributed by atoms with Crippen LogP contribution in [0.25, 0.3) is 0 Å². The number of esters is 1. The highest BCUT2D eigenvalue weighted by Gasteiger charge is 2.30. The van der Waals surface area contributed by atoms with E-state index in [1.54, 1.807) is 18.7 Å². The Bertz CT molecular complexity index is 971. The topological polar surface area (TPSA) is 53.9 Å². The molecule has 1 aliphatic heterocycles. The van der Waals surface area contributed by atoms with Crippen LogP contribution in [-0.2, 0) is 15.3 Å². The molecule has 2 aromatic rings. The molecule has 0 spiro atoms. The number of ether oxygens (including phenoxy) is 1. The molecule has 0 saturated heterocycles. The summed E-state index contributed by atoms with van der Waals surface area (Å²) in [5, 5.41) is 4.75. The molecule has 0 fully saturated rings. The number of thioether (sulfide) groups is 1. The molecule has 5 nitrogen and oxygen atoms in total.